The van der Waals surface area contributed by atoms with Crippen molar-refractivity contribution in [1.82, 2.24) is 0 Å². The number of carbonyl (C=O) groups is 1. The molecule has 0 bridgehead atoms. The summed E-state index contributed by atoms with van der Waals surface area (Å²) in [6.07, 6.45) is 0. The van der Waals surface area contributed by atoms with Crippen LogP contribution in [0.4, 0.5) is 11.4 Å². The lowest BCUT2D eigenvalue weighted by Crippen LogP contribution is -2.13. The Morgan fingerprint density at radius 1 is 1.20 bits per heavy atom. The maximum atomic E-state index is 12.1. The molecule has 2 N–H and O–H groups in total. The quantitative estimate of drug-likeness (QED) is 0.845. The van der Waals surface area contributed by atoms with E-state index in [-0.39, 0.29) is 11.3 Å². The van der Waals surface area contributed by atoms with Crippen molar-refractivity contribution in [1.29, 1.82) is 0 Å². The van der Waals surface area contributed by atoms with Gasteiger partial charge < -0.3 is 20.7 Å². The number of nitrogens with one attached hydrogen (secondary N) is 2. The van der Waals surface area contributed by atoms with Crippen molar-refractivity contribution in [2.75, 3.05) is 17.9 Å². The predicted octanol–water partition coefficient (Wildman–Crippen LogP) is 3.51. The molecule has 0 radical (unpaired) electrons. The Kier molecular flexibility index (Phi) is 4.45. The van der Waals surface area contributed by atoms with Crippen LogP contribution < -0.4 is 15.5 Å². The molecule has 1 amide bonds. The largest absolute Gasteiger partial charge is 0.761 e. The molecule has 0 heterocycles. The average Bonchev–Trinajstić information content (AvgIpc) is 2.47. The summed E-state index contributed by atoms with van der Waals surface area (Å²) in [5, 5.41) is 13.9. The van der Waals surface area contributed by atoms with Crippen molar-refractivity contribution in [2.45, 2.75) is 0 Å². The summed E-state index contributed by atoms with van der Waals surface area (Å²) in [7, 11) is 1.56. The fourth-order valence-electron chi connectivity index (χ4n) is 1.67. The minimum absolute atomic E-state index is 0.128. The topological polar surface area (TPSA) is 73.4 Å². The molecule has 0 saturated carbocycles. The van der Waals surface area contributed by atoms with Gasteiger partial charge in [0.05, 0.1) is 12.7 Å². The van der Waals surface area contributed by atoms with Gasteiger partial charge in [-0.25, -0.2) is 0 Å². The Morgan fingerprint density at radius 2 is 1.90 bits per heavy atom. The van der Waals surface area contributed by atoms with E-state index in [1.807, 2.05) is 0 Å². The van der Waals surface area contributed by atoms with Crippen LogP contribution in [0.2, 0.25) is 5.02 Å². The first-order valence-electron chi connectivity index (χ1n) is 5.77. The molecule has 5 nitrogen and oxygen atoms in total. The number of hydrogen-bond acceptors (Lipinski definition) is 4. The van der Waals surface area contributed by atoms with E-state index in [0.29, 0.717) is 16.5 Å². The van der Waals surface area contributed by atoms with E-state index in [1.54, 1.807) is 42.9 Å². The number of methoxy groups -OCH3 is 1. The molecule has 0 aliphatic heterocycles. The minimum atomic E-state index is -0.398. The molecule has 2 aromatic rings. The van der Waals surface area contributed by atoms with Crippen molar-refractivity contribution in [2.24, 2.45) is 0 Å². The van der Waals surface area contributed by atoms with Crippen LogP contribution in [-0.4, -0.2) is 13.0 Å². The SMILES string of the molecule is COc1ccc(NC(=O)c2ccc(Cl)cc2N[O-])cc1. The van der Waals surface area contributed by atoms with Crippen molar-refractivity contribution >= 4 is 28.9 Å². The Morgan fingerprint density at radius 3 is 2.50 bits per heavy atom. The van der Waals surface area contributed by atoms with Crippen LogP contribution in [0.5, 0.6) is 5.75 Å². The molecular weight excluding hydrogens is 280 g/mol. The van der Waals surface area contributed by atoms with E-state index in [0.717, 1.165) is 0 Å². The summed E-state index contributed by atoms with van der Waals surface area (Å²) in [5.41, 5.74) is 2.66. The van der Waals surface area contributed by atoms with Crippen LogP contribution >= 0.6 is 11.6 Å². The van der Waals surface area contributed by atoms with Crippen molar-refractivity contribution in [3.63, 3.8) is 0 Å². The first-order valence-corrected chi connectivity index (χ1v) is 6.15. The molecule has 0 aliphatic rings. The number of halogens is 1. The fraction of sp³-hybridized carbons (Fsp3) is 0.0714. The number of anilines is 2. The molecule has 0 unspecified atom stereocenters. The molecule has 2 aromatic carbocycles. The highest BCUT2D eigenvalue weighted by atomic mass is 35.5. The van der Waals surface area contributed by atoms with Crippen LogP contribution in [0.15, 0.2) is 42.5 Å². The summed E-state index contributed by atoms with van der Waals surface area (Å²) in [6.45, 7) is 0. The van der Waals surface area contributed by atoms with Gasteiger partial charge in [-0.05, 0) is 42.5 Å². The lowest BCUT2D eigenvalue weighted by atomic mass is 10.1. The van der Waals surface area contributed by atoms with Crippen LogP contribution in [0.25, 0.3) is 0 Å². The zero-order valence-corrected chi connectivity index (χ0v) is 11.4. The van der Waals surface area contributed by atoms with Gasteiger partial charge in [-0.15, -0.1) is 0 Å². The summed E-state index contributed by atoms with van der Waals surface area (Å²) < 4.78 is 5.03. The molecule has 0 spiro atoms. The molecule has 0 fully saturated rings. The second kappa shape index (κ2) is 6.27. The number of benzene rings is 2. The Bertz CT molecular complexity index is 614. The van der Waals surface area contributed by atoms with Crippen LogP contribution in [0.1, 0.15) is 10.4 Å². The maximum absolute atomic E-state index is 12.1. The van der Waals surface area contributed by atoms with Crippen molar-refractivity contribution < 1.29 is 9.53 Å². The van der Waals surface area contributed by atoms with Gasteiger partial charge in [-0.2, -0.15) is 0 Å². The van der Waals surface area contributed by atoms with Crippen LogP contribution in [-0.2, 0) is 0 Å². The summed E-state index contributed by atoms with van der Waals surface area (Å²) in [4.78, 5) is 12.1. The molecule has 0 aliphatic carbocycles. The summed E-state index contributed by atoms with van der Waals surface area (Å²) in [5.74, 6) is 0.293. The molecule has 0 aromatic heterocycles. The monoisotopic (exact) mass is 291 g/mol. The van der Waals surface area contributed by atoms with Gasteiger partial charge in [0.25, 0.3) is 5.91 Å². The van der Waals surface area contributed by atoms with Crippen molar-refractivity contribution in [3.8, 4) is 5.75 Å². The van der Waals surface area contributed by atoms with E-state index >= 15 is 0 Å². The highest BCUT2D eigenvalue weighted by Crippen LogP contribution is 2.22. The molecule has 6 heteroatoms. The zero-order chi connectivity index (χ0) is 14.5. The summed E-state index contributed by atoms with van der Waals surface area (Å²) >= 11 is 5.77. The van der Waals surface area contributed by atoms with Gasteiger partial charge in [-0.1, -0.05) is 11.6 Å². The first-order chi connectivity index (χ1) is 9.63. The fourth-order valence-corrected chi connectivity index (χ4v) is 1.84. The van der Waals surface area contributed by atoms with Gasteiger partial charge in [0.15, 0.2) is 0 Å². The third-order valence-corrected chi connectivity index (χ3v) is 2.92. The van der Waals surface area contributed by atoms with E-state index in [2.05, 4.69) is 5.32 Å². The highest BCUT2D eigenvalue weighted by Gasteiger charge is 2.10. The maximum Gasteiger partial charge on any atom is 0.257 e. The Labute approximate surface area is 121 Å². The third-order valence-electron chi connectivity index (χ3n) is 2.68. The van der Waals surface area contributed by atoms with Crippen LogP contribution in [0, 0.1) is 5.21 Å². The van der Waals surface area contributed by atoms with Gasteiger partial charge in [0.1, 0.15) is 5.75 Å². The number of hydrogen-bond donors (Lipinski definition) is 2. The predicted molar refractivity (Wildman–Crippen MR) is 79.4 cm³/mol. The molecule has 2 rings (SSSR count). The van der Waals surface area contributed by atoms with Crippen LogP contribution in [0.3, 0.4) is 0 Å². The number of ether oxygens (including phenoxy) is 1. The highest BCUT2D eigenvalue weighted by molar-refractivity contribution is 6.31. The van der Waals surface area contributed by atoms with Gasteiger partial charge >= 0.3 is 0 Å². The summed E-state index contributed by atoms with van der Waals surface area (Å²) in [6, 6.07) is 11.3. The van der Waals surface area contributed by atoms with E-state index in [4.69, 9.17) is 16.3 Å². The Balaban J connectivity index is 2.19. The molecule has 20 heavy (non-hydrogen) atoms. The van der Waals surface area contributed by atoms with Gasteiger partial charge in [-0.3, -0.25) is 4.79 Å². The lowest BCUT2D eigenvalue weighted by Gasteiger charge is -2.15. The van der Waals surface area contributed by atoms with Gasteiger partial charge in [0.2, 0.25) is 0 Å². The van der Waals surface area contributed by atoms with E-state index in [1.165, 1.54) is 12.1 Å². The first kappa shape index (κ1) is 14.2. The second-order valence-corrected chi connectivity index (χ2v) is 4.41. The lowest BCUT2D eigenvalue weighted by molar-refractivity contribution is 0.102. The number of rotatable bonds is 4. The second-order valence-electron chi connectivity index (χ2n) is 3.97. The normalized spacial score (nSPS) is 9.95. The van der Waals surface area contributed by atoms with Gasteiger partial charge in [0, 0.05) is 16.4 Å². The Hall–Kier alpha value is -2.24. The molecule has 0 atom stereocenters. The molecular formula is C14H12ClN2O3-. The molecule has 104 valence electrons. The van der Waals surface area contributed by atoms with E-state index < -0.39 is 5.91 Å². The average molecular weight is 292 g/mol. The minimum Gasteiger partial charge on any atom is -0.761 e. The third kappa shape index (κ3) is 3.20. The van der Waals surface area contributed by atoms with Crippen molar-refractivity contribution in [3.05, 3.63) is 58.3 Å². The zero-order valence-electron chi connectivity index (χ0n) is 10.6. The smallest absolute Gasteiger partial charge is 0.257 e. The van der Waals surface area contributed by atoms with E-state index in [9.17, 15) is 10.0 Å². The standard InChI is InChI=1S/C14H12ClN2O3/c1-20-11-5-3-10(4-6-11)16-14(18)12-7-2-9(15)8-13(12)17-19/h2-8,17H,1H3,(H,16,18)/q-1. The number of carbonyl (C=O) groups excluding carboxylic acids is 1. The molecule has 0 saturated heterocycles. The number of amides is 1.